The molecule has 0 aromatic heterocycles. The van der Waals surface area contributed by atoms with Gasteiger partial charge in [0.1, 0.15) is 0 Å². The molecular weight excluding hydrogens is 258 g/mol. The first-order valence-electron chi connectivity index (χ1n) is 6.68. The molecule has 2 atom stereocenters. The summed E-state index contributed by atoms with van der Waals surface area (Å²) in [6, 6.07) is 8.18. The van der Waals surface area contributed by atoms with Crippen molar-refractivity contribution in [1.82, 2.24) is 4.90 Å². The quantitative estimate of drug-likeness (QED) is 0.797. The fourth-order valence-electron chi connectivity index (χ4n) is 2.33. The summed E-state index contributed by atoms with van der Waals surface area (Å²) in [5.74, 6) is 0.708. The number of hydrogen-bond acceptors (Lipinski definition) is 3. The molecule has 104 valence electrons. The molecule has 19 heavy (non-hydrogen) atoms. The Hall–Kier alpha value is -1.00. The number of thioether (sulfide) groups is 1. The zero-order valence-corrected chi connectivity index (χ0v) is 12.6. The summed E-state index contributed by atoms with van der Waals surface area (Å²) in [5.41, 5.74) is 1.23. The van der Waals surface area contributed by atoms with Crippen molar-refractivity contribution in [1.29, 1.82) is 0 Å². The van der Waals surface area contributed by atoms with Crippen molar-refractivity contribution in [2.45, 2.75) is 37.9 Å². The molecule has 1 amide bonds. The Morgan fingerprint density at radius 1 is 1.32 bits per heavy atom. The second kappa shape index (κ2) is 6.44. The number of rotatable bonds is 3. The Morgan fingerprint density at radius 3 is 2.58 bits per heavy atom. The lowest BCUT2D eigenvalue weighted by molar-refractivity contribution is -0.140. The molecule has 2 rings (SSSR count). The normalized spacial score (nSPS) is 23.4. The molecule has 0 saturated carbocycles. The van der Waals surface area contributed by atoms with Crippen molar-refractivity contribution < 1.29 is 9.53 Å². The molecule has 1 heterocycles. The van der Waals surface area contributed by atoms with Crippen molar-refractivity contribution in [3.8, 4) is 0 Å². The van der Waals surface area contributed by atoms with E-state index in [4.69, 9.17) is 4.74 Å². The Bertz CT molecular complexity index is 440. The van der Waals surface area contributed by atoms with Crippen molar-refractivity contribution in [3.63, 3.8) is 0 Å². The number of morpholine rings is 1. The van der Waals surface area contributed by atoms with Gasteiger partial charge in [-0.25, -0.2) is 0 Å². The van der Waals surface area contributed by atoms with E-state index in [0.717, 1.165) is 0 Å². The standard InChI is InChI=1S/C15H21NO2S/c1-11-6-4-5-7-14(11)19-10-15(17)16-8-12(2)18-13(3)9-16/h4-7,12-13H,8-10H2,1-3H3. The zero-order chi connectivity index (χ0) is 13.8. The molecule has 0 bridgehead atoms. The molecule has 0 N–H and O–H groups in total. The van der Waals surface area contributed by atoms with E-state index in [2.05, 4.69) is 19.1 Å². The van der Waals surface area contributed by atoms with Crippen LogP contribution in [0.1, 0.15) is 19.4 Å². The highest BCUT2D eigenvalue weighted by molar-refractivity contribution is 8.00. The van der Waals surface area contributed by atoms with Gasteiger partial charge in [-0.15, -0.1) is 11.8 Å². The van der Waals surface area contributed by atoms with Gasteiger partial charge in [-0.05, 0) is 32.4 Å². The maximum atomic E-state index is 12.2. The van der Waals surface area contributed by atoms with Crippen LogP contribution in [0.4, 0.5) is 0 Å². The van der Waals surface area contributed by atoms with Crippen LogP contribution >= 0.6 is 11.8 Å². The molecule has 0 aliphatic carbocycles. The van der Waals surface area contributed by atoms with E-state index < -0.39 is 0 Å². The highest BCUT2D eigenvalue weighted by Gasteiger charge is 2.25. The van der Waals surface area contributed by atoms with Gasteiger partial charge < -0.3 is 9.64 Å². The van der Waals surface area contributed by atoms with Crippen LogP contribution in [0.25, 0.3) is 0 Å². The van der Waals surface area contributed by atoms with Crippen molar-refractivity contribution in [3.05, 3.63) is 29.8 Å². The van der Waals surface area contributed by atoms with Gasteiger partial charge in [-0.2, -0.15) is 0 Å². The lowest BCUT2D eigenvalue weighted by Gasteiger charge is -2.35. The van der Waals surface area contributed by atoms with Crippen LogP contribution in [0.3, 0.4) is 0 Å². The number of ether oxygens (including phenoxy) is 1. The van der Waals surface area contributed by atoms with Gasteiger partial charge in [0.05, 0.1) is 18.0 Å². The summed E-state index contributed by atoms with van der Waals surface area (Å²) >= 11 is 1.62. The summed E-state index contributed by atoms with van der Waals surface area (Å²) in [6.07, 6.45) is 0.271. The molecule has 1 aliphatic rings. The summed E-state index contributed by atoms with van der Waals surface area (Å²) in [7, 11) is 0. The minimum absolute atomic E-state index is 0.135. The van der Waals surface area contributed by atoms with Crippen LogP contribution in [0.2, 0.25) is 0 Å². The monoisotopic (exact) mass is 279 g/mol. The summed E-state index contributed by atoms with van der Waals surface area (Å²) in [6.45, 7) is 7.52. The highest BCUT2D eigenvalue weighted by atomic mass is 32.2. The van der Waals surface area contributed by atoms with E-state index >= 15 is 0 Å². The topological polar surface area (TPSA) is 29.5 Å². The Labute approximate surface area is 119 Å². The third-order valence-corrected chi connectivity index (χ3v) is 4.38. The maximum Gasteiger partial charge on any atom is 0.233 e. The van der Waals surface area contributed by atoms with Gasteiger partial charge in [0.25, 0.3) is 0 Å². The van der Waals surface area contributed by atoms with Gasteiger partial charge in [-0.3, -0.25) is 4.79 Å². The zero-order valence-electron chi connectivity index (χ0n) is 11.8. The van der Waals surface area contributed by atoms with Crippen LogP contribution in [0.15, 0.2) is 29.2 Å². The maximum absolute atomic E-state index is 12.2. The fourth-order valence-corrected chi connectivity index (χ4v) is 3.26. The Balaban J connectivity index is 1.89. The van der Waals surface area contributed by atoms with E-state index in [1.165, 1.54) is 10.5 Å². The first-order valence-corrected chi connectivity index (χ1v) is 7.66. The molecule has 1 fully saturated rings. The van der Waals surface area contributed by atoms with Crippen molar-refractivity contribution in [2.24, 2.45) is 0 Å². The predicted octanol–water partition coefficient (Wildman–Crippen LogP) is 2.72. The number of nitrogens with zero attached hydrogens (tertiary/aromatic N) is 1. The molecular formula is C15H21NO2S. The largest absolute Gasteiger partial charge is 0.372 e. The smallest absolute Gasteiger partial charge is 0.233 e. The van der Waals surface area contributed by atoms with Gasteiger partial charge in [0, 0.05) is 18.0 Å². The average Bonchev–Trinajstić information content (AvgIpc) is 2.36. The Kier molecular flexibility index (Phi) is 4.88. The molecule has 4 heteroatoms. The number of hydrogen-bond donors (Lipinski definition) is 0. The summed E-state index contributed by atoms with van der Waals surface area (Å²) in [5, 5.41) is 0. The fraction of sp³-hybridized carbons (Fsp3) is 0.533. The summed E-state index contributed by atoms with van der Waals surface area (Å²) < 4.78 is 5.65. The van der Waals surface area contributed by atoms with Gasteiger partial charge >= 0.3 is 0 Å². The highest BCUT2D eigenvalue weighted by Crippen LogP contribution is 2.22. The van der Waals surface area contributed by atoms with Crippen LogP contribution in [0, 0.1) is 6.92 Å². The summed E-state index contributed by atoms with van der Waals surface area (Å²) in [4.78, 5) is 15.3. The van der Waals surface area contributed by atoms with Crippen LogP contribution < -0.4 is 0 Å². The number of benzene rings is 1. The second-order valence-electron chi connectivity index (χ2n) is 5.11. The second-order valence-corrected chi connectivity index (χ2v) is 6.13. The third-order valence-electron chi connectivity index (χ3n) is 3.22. The number of carbonyl (C=O) groups is 1. The van der Waals surface area contributed by atoms with Crippen LogP contribution in [0.5, 0.6) is 0 Å². The first kappa shape index (κ1) is 14.4. The lowest BCUT2D eigenvalue weighted by Crippen LogP contribution is -2.48. The number of amides is 1. The molecule has 2 unspecified atom stereocenters. The predicted molar refractivity (Wildman–Crippen MR) is 78.5 cm³/mol. The van der Waals surface area contributed by atoms with E-state index in [9.17, 15) is 4.79 Å². The molecule has 0 radical (unpaired) electrons. The molecule has 1 aliphatic heterocycles. The van der Waals surface area contributed by atoms with Gasteiger partial charge in [0.15, 0.2) is 0 Å². The SMILES string of the molecule is Cc1ccccc1SCC(=O)N1CC(C)OC(C)C1. The lowest BCUT2D eigenvalue weighted by atomic mass is 10.2. The van der Waals surface area contributed by atoms with Crippen molar-refractivity contribution in [2.75, 3.05) is 18.8 Å². The number of aryl methyl sites for hydroxylation is 1. The molecule has 3 nitrogen and oxygen atoms in total. The first-order chi connectivity index (χ1) is 9.06. The van der Waals surface area contributed by atoms with E-state index in [1.54, 1.807) is 11.8 Å². The Morgan fingerprint density at radius 2 is 1.95 bits per heavy atom. The molecule has 1 aromatic rings. The van der Waals surface area contributed by atoms with Gasteiger partial charge in [0.2, 0.25) is 5.91 Å². The molecule has 0 spiro atoms. The van der Waals surface area contributed by atoms with Crippen LogP contribution in [-0.4, -0.2) is 41.9 Å². The average molecular weight is 279 g/mol. The van der Waals surface area contributed by atoms with E-state index in [-0.39, 0.29) is 18.1 Å². The van der Waals surface area contributed by atoms with E-state index in [0.29, 0.717) is 18.8 Å². The molecule has 1 saturated heterocycles. The van der Waals surface area contributed by atoms with Crippen molar-refractivity contribution >= 4 is 17.7 Å². The van der Waals surface area contributed by atoms with Crippen LogP contribution in [-0.2, 0) is 9.53 Å². The number of carbonyl (C=O) groups excluding carboxylic acids is 1. The minimum Gasteiger partial charge on any atom is -0.372 e. The third kappa shape index (κ3) is 3.98. The minimum atomic E-state index is 0.135. The molecule has 1 aromatic carbocycles. The van der Waals surface area contributed by atoms with Gasteiger partial charge in [-0.1, -0.05) is 18.2 Å². The van der Waals surface area contributed by atoms with E-state index in [1.807, 2.05) is 30.9 Å².